The fraction of sp³-hybridized carbons (Fsp3) is 0.217. The molecule has 34 heavy (non-hydrogen) atoms. The summed E-state index contributed by atoms with van der Waals surface area (Å²) in [7, 11) is 0. The number of aliphatic carboxylic acids is 1. The van der Waals surface area contributed by atoms with Crippen LogP contribution in [0.15, 0.2) is 54.9 Å². The first-order valence-electron chi connectivity index (χ1n) is 10.4. The van der Waals surface area contributed by atoms with E-state index in [4.69, 9.17) is 33.9 Å². The van der Waals surface area contributed by atoms with Gasteiger partial charge in [-0.25, -0.2) is 15.0 Å². The van der Waals surface area contributed by atoms with Crippen molar-refractivity contribution in [3.63, 3.8) is 0 Å². The molecule has 3 heterocycles. The number of hydrogen-bond donors (Lipinski definition) is 1. The molecule has 0 bridgehead atoms. The van der Waals surface area contributed by atoms with Crippen molar-refractivity contribution < 1.29 is 61.3 Å². The van der Waals surface area contributed by atoms with Crippen molar-refractivity contribution in [3.8, 4) is 17.1 Å². The minimum atomic E-state index is -1.34. The second-order valence-electron chi connectivity index (χ2n) is 8.03. The SMILES string of the molecule is NC1(C(=O)[O-])CCN(c2ncnc3c2nc(-c2ccccc2Cl)n3-c2ccc(Cl)cc2)CC1.[K+]. The fourth-order valence-corrected chi connectivity index (χ4v) is 4.44. The largest absolute Gasteiger partial charge is 1.00 e. The van der Waals surface area contributed by atoms with Gasteiger partial charge in [0.2, 0.25) is 0 Å². The van der Waals surface area contributed by atoms with E-state index in [1.165, 1.54) is 6.33 Å². The maximum atomic E-state index is 11.4. The summed E-state index contributed by atoms with van der Waals surface area (Å²) < 4.78 is 1.91. The molecule has 0 aliphatic carbocycles. The third-order valence-corrected chi connectivity index (χ3v) is 6.57. The van der Waals surface area contributed by atoms with Gasteiger partial charge in [-0.05, 0) is 49.2 Å². The number of benzene rings is 2. The minimum absolute atomic E-state index is 0. The van der Waals surface area contributed by atoms with Crippen molar-refractivity contribution in [2.75, 3.05) is 18.0 Å². The van der Waals surface area contributed by atoms with Crippen molar-refractivity contribution in [2.24, 2.45) is 5.73 Å². The van der Waals surface area contributed by atoms with Gasteiger partial charge in [0.25, 0.3) is 0 Å². The van der Waals surface area contributed by atoms with Crippen molar-refractivity contribution in [1.82, 2.24) is 19.5 Å². The van der Waals surface area contributed by atoms with Gasteiger partial charge in [-0.15, -0.1) is 0 Å². The normalized spacial score (nSPS) is 15.2. The number of imidazole rings is 1. The molecule has 11 heteroatoms. The van der Waals surface area contributed by atoms with Crippen LogP contribution in [0.1, 0.15) is 12.8 Å². The number of rotatable bonds is 4. The summed E-state index contributed by atoms with van der Waals surface area (Å²) in [6.07, 6.45) is 1.97. The Hall–Kier alpha value is -1.56. The Bertz CT molecular complexity index is 1350. The van der Waals surface area contributed by atoms with Gasteiger partial charge < -0.3 is 20.5 Å². The van der Waals surface area contributed by atoms with Crippen molar-refractivity contribution in [3.05, 3.63) is 64.9 Å². The molecule has 2 aromatic heterocycles. The van der Waals surface area contributed by atoms with Crippen molar-refractivity contribution in [2.45, 2.75) is 18.4 Å². The van der Waals surface area contributed by atoms with Crippen molar-refractivity contribution >= 4 is 46.2 Å². The average Bonchev–Trinajstić information content (AvgIpc) is 3.20. The van der Waals surface area contributed by atoms with Gasteiger partial charge in [0.15, 0.2) is 17.0 Å². The van der Waals surface area contributed by atoms with Gasteiger partial charge in [0, 0.05) is 29.4 Å². The van der Waals surface area contributed by atoms with Crippen LogP contribution >= 0.6 is 23.2 Å². The summed E-state index contributed by atoms with van der Waals surface area (Å²) in [4.78, 5) is 27.3. The summed E-state index contributed by atoms with van der Waals surface area (Å²) in [6, 6.07) is 14.8. The van der Waals surface area contributed by atoms with E-state index in [0.29, 0.717) is 45.9 Å². The first-order chi connectivity index (χ1) is 15.9. The van der Waals surface area contributed by atoms with Gasteiger partial charge >= 0.3 is 51.4 Å². The Morgan fingerprint density at radius 1 is 1.03 bits per heavy atom. The molecule has 0 unspecified atom stereocenters. The number of anilines is 1. The molecule has 1 aliphatic rings. The maximum Gasteiger partial charge on any atom is 1.00 e. The van der Waals surface area contributed by atoms with Crippen LogP contribution < -0.4 is 67.1 Å². The molecule has 4 aromatic rings. The van der Waals surface area contributed by atoms with Crippen LogP contribution in [0.25, 0.3) is 28.2 Å². The summed E-state index contributed by atoms with van der Waals surface area (Å²) in [5.41, 5.74) is 7.40. The number of carbonyl (C=O) groups excluding carboxylic acids is 1. The molecule has 1 aliphatic heterocycles. The zero-order valence-electron chi connectivity index (χ0n) is 18.4. The molecule has 2 N–H and O–H groups in total. The van der Waals surface area contributed by atoms with Crippen LogP contribution in [0.4, 0.5) is 5.82 Å². The molecule has 0 atom stereocenters. The van der Waals surface area contributed by atoms with E-state index in [1.807, 2.05) is 39.8 Å². The van der Waals surface area contributed by atoms with Crippen molar-refractivity contribution in [1.29, 1.82) is 0 Å². The van der Waals surface area contributed by atoms with Crippen LogP contribution in [0.3, 0.4) is 0 Å². The number of aromatic nitrogens is 4. The van der Waals surface area contributed by atoms with Gasteiger partial charge in [-0.3, -0.25) is 4.57 Å². The van der Waals surface area contributed by atoms with Crippen LogP contribution in [0.5, 0.6) is 0 Å². The number of nitrogens with zero attached hydrogens (tertiary/aromatic N) is 5. The molecular formula is C23H19Cl2KN6O2. The van der Waals surface area contributed by atoms with Crippen LogP contribution in [-0.2, 0) is 4.79 Å². The Kier molecular flexibility index (Phi) is 7.66. The summed E-state index contributed by atoms with van der Waals surface area (Å²) in [5.74, 6) is -0.0102. The summed E-state index contributed by atoms with van der Waals surface area (Å²) in [5, 5.41) is 12.6. The second kappa shape index (κ2) is 10.2. The molecule has 8 nitrogen and oxygen atoms in total. The molecule has 1 fully saturated rings. The number of piperidine rings is 1. The average molecular weight is 521 g/mol. The number of carbonyl (C=O) groups is 1. The molecular weight excluding hydrogens is 502 g/mol. The van der Waals surface area contributed by atoms with Gasteiger partial charge in [-0.1, -0.05) is 35.3 Å². The second-order valence-corrected chi connectivity index (χ2v) is 8.87. The van der Waals surface area contributed by atoms with Gasteiger partial charge in [0.1, 0.15) is 12.2 Å². The van der Waals surface area contributed by atoms with E-state index in [2.05, 4.69) is 9.97 Å². The minimum Gasteiger partial charge on any atom is -0.548 e. The van der Waals surface area contributed by atoms with E-state index in [0.717, 1.165) is 11.3 Å². The van der Waals surface area contributed by atoms with E-state index < -0.39 is 11.5 Å². The van der Waals surface area contributed by atoms with Gasteiger partial charge in [-0.2, -0.15) is 0 Å². The quantitative estimate of drug-likeness (QED) is 0.372. The maximum absolute atomic E-state index is 11.4. The number of carboxylic acids is 1. The molecule has 0 amide bonds. The number of nitrogens with two attached hydrogens (primary N) is 1. The first kappa shape index (κ1) is 25.5. The van der Waals surface area contributed by atoms with E-state index >= 15 is 0 Å². The summed E-state index contributed by atoms with van der Waals surface area (Å²) >= 11 is 12.6. The van der Waals surface area contributed by atoms with E-state index in [-0.39, 0.29) is 64.2 Å². The Labute approximate surface area is 248 Å². The standard InChI is InChI=1S/C23H20Cl2N6O2.K/c24-14-5-7-15(8-6-14)31-19(16-3-1-2-4-17(16)25)29-18-20(27-13-28-21(18)31)30-11-9-23(26,10-12-30)22(32)33;/h1-8,13H,9-12,26H2,(H,32,33);/q;+1/p-1. The third-order valence-electron chi connectivity index (χ3n) is 5.99. The van der Waals surface area contributed by atoms with Crippen LogP contribution in [0.2, 0.25) is 10.0 Å². The zero-order chi connectivity index (χ0) is 23.2. The predicted octanol–water partition coefficient (Wildman–Crippen LogP) is -0.159. The van der Waals surface area contributed by atoms with E-state index in [9.17, 15) is 9.90 Å². The fourth-order valence-electron chi connectivity index (χ4n) is 4.09. The summed E-state index contributed by atoms with van der Waals surface area (Å²) in [6.45, 7) is 0.817. The first-order valence-corrected chi connectivity index (χ1v) is 11.1. The molecule has 2 aromatic carbocycles. The smallest absolute Gasteiger partial charge is 0.548 e. The number of hydrogen-bond acceptors (Lipinski definition) is 7. The Morgan fingerprint density at radius 2 is 1.71 bits per heavy atom. The Balaban J connectivity index is 0.00000274. The molecule has 168 valence electrons. The zero-order valence-corrected chi connectivity index (χ0v) is 23.0. The third kappa shape index (κ3) is 4.63. The number of carboxylic acid groups (broad SMARTS) is 1. The topological polar surface area (TPSA) is 113 Å². The van der Waals surface area contributed by atoms with E-state index in [1.54, 1.807) is 18.2 Å². The molecule has 0 radical (unpaired) electrons. The van der Waals surface area contributed by atoms with Crippen LogP contribution in [0, 0.1) is 0 Å². The predicted molar refractivity (Wildman–Crippen MR) is 125 cm³/mol. The Morgan fingerprint density at radius 3 is 2.35 bits per heavy atom. The molecule has 5 rings (SSSR count). The number of fused-ring (bicyclic) bond motifs is 1. The monoisotopic (exact) mass is 520 g/mol. The molecule has 1 saturated heterocycles. The molecule has 0 saturated carbocycles. The van der Waals surface area contributed by atoms with Crippen LogP contribution in [-0.4, -0.2) is 44.1 Å². The molecule has 0 spiro atoms. The van der Waals surface area contributed by atoms with Gasteiger partial charge in [0.05, 0.1) is 16.5 Å². The number of halogens is 2.